The van der Waals surface area contributed by atoms with Gasteiger partial charge >= 0.3 is 0 Å². The van der Waals surface area contributed by atoms with Gasteiger partial charge in [-0.05, 0) is 67.4 Å². The van der Waals surface area contributed by atoms with Crippen LogP contribution in [0.3, 0.4) is 0 Å². The van der Waals surface area contributed by atoms with Gasteiger partial charge in [-0.3, -0.25) is 0 Å². The van der Waals surface area contributed by atoms with Crippen LogP contribution >= 0.6 is 7.26 Å². The summed E-state index contributed by atoms with van der Waals surface area (Å²) < 4.78 is 0. The molecule has 0 bridgehead atoms. The molecule has 32 heavy (non-hydrogen) atoms. The molecule has 0 saturated heterocycles. The highest BCUT2D eigenvalue weighted by atomic mass is 31.2. The first kappa shape index (κ1) is 21.8. The van der Waals surface area contributed by atoms with Gasteiger partial charge in [0.25, 0.3) is 0 Å². The Bertz CT molecular complexity index is 1150. The monoisotopic (exact) mass is 431 g/mol. The standard InChI is InChI=1S/C31H28P/c1-3-26(2)31-24-14-13-16-27(31)17-15-25-32(28-18-7-4-8-19-28,29-20-9-5-10-21-29)30-22-11-6-12-23-30/h3-14,16,18-24H,25H2,1-2H3/q+1/b26-3-. The van der Waals surface area contributed by atoms with Crippen LogP contribution in [0.2, 0.25) is 0 Å². The van der Waals surface area contributed by atoms with E-state index in [2.05, 4.69) is 147 Å². The van der Waals surface area contributed by atoms with Gasteiger partial charge in [0, 0.05) is 5.56 Å². The third kappa shape index (κ3) is 4.45. The zero-order valence-corrected chi connectivity index (χ0v) is 19.6. The molecule has 156 valence electrons. The molecule has 0 unspecified atom stereocenters. The van der Waals surface area contributed by atoms with E-state index in [0.717, 1.165) is 11.7 Å². The second-order valence-electron chi connectivity index (χ2n) is 7.79. The Hall–Kier alpha value is -3.39. The second kappa shape index (κ2) is 10.3. The van der Waals surface area contributed by atoms with Gasteiger partial charge in [0.05, 0.1) is 0 Å². The van der Waals surface area contributed by atoms with Crippen molar-refractivity contribution in [3.05, 3.63) is 132 Å². The smallest absolute Gasteiger partial charge is 0.0841 e. The summed E-state index contributed by atoms with van der Waals surface area (Å²) in [6.45, 7) is 4.23. The zero-order chi connectivity index (χ0) is 22.2. The van der Waals surface area contributed by atoms with Gasteiger partial charge in [-0.25, -0.2) is 0 Å². The average Bonchev–Trinajstić information content (AvgIpc) is 2.88. The summed E-state index contributed by atoms with van der Waals surface area (Å²) in [5, 5.41) is 4.10. The largest absolute Gasteiger partial charge is 0.134 e. The molecule has 0 radical (unpaired) electrons. The first-order valence-electron chi connectivity index (χ1n) is 11.0. The predicted octanol–water partition coefficient (Wildman–Crippen LogP) is 6.46. The molecule has 0 aliphatic carbocycles. The van der Waals surface area contributed by atoms with Crippen LogP contribution in [0.4, 0.5) is 0 Å². The van der Waals surface area contributed by atoms with Gasteiger partial charge in [-0.15, -0.1) is 0 Å². The normalized spacial score (nSPS) is 11.5. The maximum Gasteiger partial charge on any atom is 0.134 e. The molecular weight excluding hydrogens is 403 g/mol. The van der Waals surface area contributed by atoms with Crippen LogP contribution in [0.1, 0.15) is 25.0 Å². The van der Waals surface area contributed by atoms with Gasteiger partial charge in [-0.1, -0.05) is 90.7 Å². The fourth-order valence-corrected chi connectivity index (χ4v) is 7.91. The summed E-state index contributed by atoms with van der Waals surface area (Å²) >= 11 is 0. The molecule has 1 heteroatoms. The van der Waals surface area contributed by atoms with E-state index >= 15 is 0 Å². The van der Waals surface area contributed by atoms with Gasteiger partial charge in [-0.2, -0.15) is 0 Å². The summed E-state index contributed by atoms with van der Waals surface area (Å²) in [7, 11) is -1.92. The number of hydrogen-bond donors (Lipinski definition) is 0. The Morgan fingerprint density at radius 2 is 1.09 bits per heavy atom. The van der Waals surface area contributed by atoms with E-state index in [4.69, 9.17) is 0 Å². The van der Waals surface area contributed by atoms with Gasteiger partial charge < -0.3 is 0 Å². The van der Waals surface area contributed by atoms with Gasteiger partial charge in [0.15, 0.2) is 0 Å². The van der Waals surface area contributed by atoms with Crippen LogP contribution in [-0.2, 0) is 0 Å². The number of rotatable bonds is 5. The zero-order valence-electron chi connectivity index (χ0n) is 18.7. The summed E-state index contributed by atoms with van der Waals surface area (Å²) in [5.41, 5.74) is 3.56. The minimum Gasteiger partial charge on any atom is -0.0841 e. The Morgan fingerprint density at radius 3 is 1.56 bits per heavy atom. The SMILES string of the molecule is C/C=C(/C)c1ccccc1C#CC[P+](c1ccccc1)(c1ccccc1)c1ccccc1. The molecule has 0 saturated carbocycles. The second-order valence-corrected chi connectivity index (χ2v) is 11.3. The van der Waals surface area contributed by atoms with E-state index in [1.807, 2.05) is 0 Å². The molecule has 0 amide bonds. The lowest BCUT2D eigenvalue weighted by Gasteiger charge is -2.25. The Balaban J connectivity index is 1.89. The van der Waals surface area contributed by atoms with Crippen molar-refractivity contribution in [1.82, 2.24) is 0 Å². The lowest BCUT2D eigenvalue weighted by atomic mass is 10.0. The predicted molar refractivity (Wildman–Crippen MR) is 143 cm³/mol. The van der Waals surface area contributed by atoms with Crippen molar-refractivity contribution in [2.24, 2.45) is 0 Å². The highest BCUT2D eigenvalue weighted by Gasteiger charge is 2.44. The van der Waals surface area contributed by atoms with Crippen molar-refractivity contribution in [2.45, 2.75) is 13.8 Å². The molecule has 0 aromatic heterocycles. The van der Waals surface area contributed by atoms with E-state index in [1.165, 1.54) is 27.1 Å². The van der Waals surface area contributed by atoms with Crippen molar-refractivity contribution in [1.29, 1.82) is 0 Å². The molecule has 0 spiro atoms. The van der Waals surface area contributed by atoms with E-state index in [0.29, 0.717) is 0 Å². The molecule has 0 aliphatic heterocycles. The fourth-order valence-electron chi connectivity index (χ4n) is 4.11. The van der Waals surface area contributed by atoms with E-state index in [9.17, 15) is 0 Å². The van der Waals surface area contributed by atoms with Gasteiger partial charge in [0.1, 0.15) is 29.3 Å². The molecule has 0 heterocycles. The lowest BCUT2D eigenvalue weighted by molar-refractivity contribution is 1.51. The average molecular weight is 432 g/mol. The molecular formula is C31H28P+. The van der Waals surface area contributed by atoms with Crippen LogP contribution in [0, 0.1) is 11.8 Å². The van der Waals surface area contributed by atoms with Crippen LogP contribution in [0.5, 0.6) is 0 Å². The minimum atomic E-state index is -1.92. The Labute approximate surface area is 193 Å². The first-order chi connectivity index (χ1) is 15.8. The van der Waals surface area contributed by atoms with Crippen molar-refractivity contribution >= 4 is 28.7 Å². The van der Waals surface area contributed by atoms with Crippen molar-refractivity contribution in [3.8, 4) is 11.8 Å². The van der Waals surface area contributed by atoms with Crippen molar-refractivity contribution < 1.29 is 0 Å². The van der Waals surface area contributed by atoms with Crippen molar-refractivity contribution in [3.63, 3.8) is 0 Å². The van der Waals surface area contributed by atoms with E-state index in [-0.39, 0.29) is 0 Å². The topological polar surface area (TPSA) is 0 Å². The van der Waals surface area contributed by atoms with Crippen LogP contribution < -0.4 is 15.9 Å². The van der Waals surface area contributed by atoms with Crippen LogP contribution in [0.25, 0.3) is 5.57 Å². The Kier molecular flexibility index (Phi) is 7.01. The maximum atomic E-state index is 3.63. The highest BCUT2D eigenvalue weighted by Crippen LogP contribution is 2.54. The first-order valence-corrected chi connectivity index (χ1v) is 13.0. The summed E-state index contributed by atoms with van der Waals surface area (Å²) in [6, 6.07) is 41.2. The number of allylic oxidation sites excluding steroid dienone is 2. The molecule has 0 atom stereocenters. The van der Waals surface area contributed by atoms with Crippen LogP contribution in [-0.4, -0.2) is 6.16 Å². The number of benzene rings is 4. The molecule has 0 aliphatic rings. The molecule has 0 N–H and O–H groups in total. The summed E-state index contributed by atoms with van der Waals surface area (Å²) in [5.74, 6) is 7.16. The summed E-state index contributed by atoms with van der Waals surface area (Å²) in [4.78, 5) is 0. The lowest BCUT2D eigenvalue weighted by Crippen LogP contribution is -2.33. The van der Waals surface area contributed by atoms with E-state index < -0.39 is 7.26 Å². The van der Waals surface area contributed by atoms with Crippen LogP contribution in [0.15, 0.2) is 121 Å². The molecule has 4 aromatic rings. The molecule has 4 rings (SSSR count). The third-order valence-electron chi connectivity index (χ3n) is 5.92. The van der Waals surface area contributed by atoms with Crippen molar-refractivity contribution in [2.75, 3.05) is 6.16 Å². The highest BCUT2D eigenvalue weighted by molar-refractivity contribution is 7.95. The fraction of sp³-hybridized carbons (Fsp3) is 0.0968. The number of hydrogen-bond acceptors (Lipinski definition) is 0. The maximum absolute atomic E-state index is 3.63. The Morgan fingerprint density at radius 1 is 0.656 bits per heavy atom. The minimum absolute atomic E-state index is 0.800. The van der Waals surface area contributed by atoms with Gasteiger partial charge in [0.2, 0.25) is 0 Å². The quantitative estimate of drug-likeness (QED) is 0.251. The molecule has 0 fully saturated rings. The molecule has 0 nitrogen and oxygen atoms in total. The third-order valence-corrected chi connectivity index (χ3v) is 10.1. The van der Waals surface area contributed by atoms with E-state index in [1.54, 1.807) is 0 Å². The summed E-state index contributed by atoms with van der Waals surface area (Å²) in [6.07, 6.45) is 2.95. The molecule has 4 aromatic carbocycles.